The second-order valence-electron chi connectivity index (χ2n) is 7.65. The van der Waals surface area contributed by atoms with E-state index >= 15 is 0 Å². The first-order chi connectivity index (χ1) is 12.7. The number of hydrogen-bond donors (Lipinski definition) is 0. The summed E-state index contributed by atoms with van der Waals surface area (Å²) in [6.45, 7) is 4.63. The van der Waals surface area contributed by atoms with Crippen LogP contribution in [0.4, 0.5) is 0 Å². The molecule has 3 aromatic carbocycles. The van der Waals surface area contributed by atoms with Gasteiger partial charge in [-0.25, -0.2) is 0 Å². The molecule has 0 aliphatic heterocycles. The fraction of sp³-hybridized carbons (Fsp3) is 0.125. The molecule has 5 aromatic rings. The summed E-state index contributed by atoms with van der Waals surface area (Å²) in [4.78, 5) is 4.81. The standard InChI is InChI=1S/C24H17NO/c1-24(2)17-8-5-9-18-20(17)21-19(26-18)12-13-25-23(21)16-11-10-14-6-3-4-7-15(14)22(16)24/h3-13H,1-2H3. The lowest BCUT2D eigenvalue weighted by molar-refractivity contribution is 0.647. The summed E-state index contributed by atoms with van der Waals surface area (Å²) in [5.41, 5.74) is 6.58. The van der Waals surface area contributed by atoms with Gasteiger partial charge in [0.1, 0.15) is 11.2 Å². The largest absolute Gasteiger partial charge is 0.456 e. The number of benzene rings is 3. The number of aromatic nitrogens is 1. The first-order valence-electron chi connectivity index (χ1n) is 8.99. The Labute approximate surface area is 151 Å². The van der Waals surface area contributed by atoms with E-state index in [4.69, 9.17) is 9.40 Å². The monoisotopic (exact) mass is 335 g/mol. The molecule has 0 radical (unpaired) electrons. The van der Waals surface area contributed by atoms with Crippen LogP contribution in [-0.2, 0) is 5.41 Å². The van der Waals surface area contributed by atoms with Crippen LogP contribution in [0.1, 0.15) is 25.0 Å². The van der Waals surface area contributed by atoms with Gasteiger partial charge in [-0.15, -0.1) is 0 Å². The van der Waals surface area contributed by atoms with Crippen molar-refractivity contribution in [2.24, 2.45) is 0 Å². The molecule has 2 aromatic heterocycles. The van der Waals surface area contributed by atoms with E-state index in [1.54, 1.807) is 0 Å². The molecule has 0 bridgehead atoms. The third kappa shape index (κ3) is 1.55. The summed E-state index contributed by atoms with van der Waals surface area (Å²) in [6, 6.07) is 21.5. The normalized spacial score (nSPS) is 14.8. The Balaban J connectivity index is 1.96. The van der Waals surface area contributed by atoms with Crippen molar-refractivity contribution in [3.63, 3.8) is 0 Å². The molecule has 0 atom stereocenters. The summed E-state index contributed by atoms with van der Waals surface area (Å²) in [5.74, 6) is 0. The molecule has 2 heterocycles. The Morgan fingerprint density at radius 2 is 1.65 bits per heavy atom. The van der Waals surface area contributed by atoms with Gasteiger partial charge in [0.25, 0.3) is 0 Å². The molecule has 0 N–H and O–H groups in total. The lowest BCUT2D eigenvalue weighted by Gasteiger charge is -2.29. The maximum absolute atomic E-state index is 6.17. The summed E-state index contributed by atoms with van der Waals surface area (Å²) < 4.78 is 6.17. The van der Waals surface area contributed by atoms with Crippen LogP contribution in [-0.4, -0.2) is 4.98 Å². The topological polar surface area (TPSA) is 26.0 Å². The number of hydrogen-bond acceptors (Lipinski definition) is 2. The molecule has 0 unspecified atom stereocenters. The van der Waals surface area contributed by atoms with Gasteiger partial charge in [-0.2, -0.15) is 0 Å². The van der Waals surface area contributed by atoms with Gasteiger partial charge in [0.05, 0.1) is 11.1 Å². The molecule has 0 saturated carbocycles. The Hall–Kier alpha value is -3.13. The molecule has 0 saturated heterocycles. The van der Waals surface area contributed by atoms with Crippen LogP contribution < -0.4 is 0 Å². The smallest absolute Gasteiger partial charge is 0.139 e. The van der Waals surface area contributed by atoms with E-state index in [1.165, 1.54) is 32.8 Å². The SMILES string of the molecule is CC1(C)c2c(ccc3ccccc23)-c2nccc3oc4cccc1c4c23. The van der Waals surface area contributed by atoms with E-state index in [9.17, 15) is 0 Å². The first-order valence-corrected chi connectivity index (χ1v) is 8.99. The Morgan fingerprint density at radius 1 is 0.808 bits per heavy atom. The third-order valence-corrected chi connectivity index (χ3v) is 5.89. The zero-order valence-corrected chi connectivity index (χ0v) is 14.7. The quantitative estimate of drug-likeness (QED) is 0.325. The van der Waals surface area contributed by atoms with Crippen molar-refractivity contribution in [1.29, 1.82) is 0 Å². The molecule has 2 nitrogen and oxygen atoms in total. The van der Waals surface area contributed by atoms with E-state index in [1.807, 2.05) is 12.3 Å². The van der Waals surface area contributed by atoms with Gasteiger partial charge in [0.15, 0.2) is 0 Å². The predicted molar refractivity (Wildman–Crippen MR) is 107 cm³/mol. The van der Waals surface area contributed by atoms with Crippen molar-refractivity contribution in [3.8, 4) is 11.3 Å². The van der Waals surface area contributed by atoms with Gasteiger partial charge >= 0.3 is 0 Å². The molecule has 124 valence electrons. The Kier molecular flexibility index (Phi) is 2.45. The molecule has 1 aliphatic rings. The number of rotatable bonds is 0. The maximum Gasteiger partial charge on any atom is 0.139 e. The van der Waals surface area contributed by atoms with E-state index in [0.717, 1.165) is 22.2 Å². The molecule has 26 heavy (non-hydrogen) atoms. The van der Waals surface area contributed by atoms with Crippen LogP contribution in [0, 0.1) is 0 Å². The van der Waals surface area contributed by atoms with Crippen molar-refractivity contribution in [2.75, 3.05) is 0 Å². The minimum atomic E-state index is -0.160. The maximum atomic E-state index is 6.17. The number of nitrogens with zero attached hydrogens (tertiary/aromatic N) is 1. The number of furan rings is 1. The third-order valence-electron chi connectivity index (χ3n) is 5.89. The molecular formula is C24H17NO. The van der Waals surface area contributed by atoms with Gasteiger partial charge in [-0.05, 0) is 34.0 Å². The highest BCUT2D eigenvalue weighted by atomic mass is 16.3. The summed E-state index contributed by atoms with van der Waals surface area (Å²) in [6.07, 6.45) is 1.86. The molecular weight excluding hydrogens is 318 g/mol. The highest BCUT2D eigenvalue weighted by molar-refractivity contribution is 6.15. The second-order valence-corrected chi connectivity index (χ2v) is 7.65. The van der Waals surface area contributed by atoms with Gasteiger partial charge in [-0.1, -0.05) is 62.4 Å². The van der Waals surface area contributed by atoms with Gasteiger partial charge < -0.3 is 4.42 Å². The van der Waals surface area contributed by atoms with Crippen molar-refractivity contribution >= 4 is 32.7 Å². The van der Waals surface area contributed by atoms with Crippen LogP contribution in [0.5, 0.6) is 0 Å². The Morgan fingerprint density at radius 3 is 2.58 bits per heavy atom. The van der Waals surface area contributed by atoms with E-state index in [-0.39, 0.29) is 5.41 Å². The molecule has 2 heteroatoms. The zero-order valence-electron chi connectivity index (χ0n) is 14.7. The van der Waals surface area contributed by atoms with E-state index in [2.05, 4.69) is 68.4 Å². The van der Waals surface area contributed by atoms with Crippen LogP contribution in [0.3, 0.4) is 0 Å². The highest BCUT2D eigenvalue weighted by Crippen LogP contribution is 2.50. The summed E-state index contributed by atoms with van der Waals surface area (Å²) in [7, 11) is 0. The van der Waals surface area contributed by atoms with E-state index < -0.39 is 0 Å². The van der Waals surface area contributed by atoms with Crippen LogP contribution in [0.15, 0.2) is 71.3 Å². The fourth-order valence-corrected chi connectivity index (χ4v) is 4.77. The molecule has 0 amide bonds. The zero-order chi connectivity index (χ0) is 17.5. The molecule has 6 rings (SSSR count). The second kappa shape index (κ2) is 4.53. The minimum Gasteiger partial charge on any atom is -0.456 e. The first kappa shape index (κ1) is 14.1. The predicted octanol–water partition coefficient (Wildman–Crippen LogP) is 6.44. The van der Waals surface area contributed by atoms with Crippen molar-refractivity contribution in [1.82, 2.24) is 4.98 Å². The molecule has 0 fully saturated rings. The molecule has 1 aliphatic carbocycles. The molecule has 0 spiro atoms. The lowest BCUT2D eigenvalue weighted by Crippen LogP contribution is -2.20. The minimum absolute atomic E-state index is 0.160. The van der Waals surface area contributed by atoms with Crippen LogP contribution in [0.25, 0.3) is 44.0 Å². The fourth-order valence-electron chi connectivity index (χ4n) is 4.77. The highest BCUT2D eigenvalue weighted by Gasteiger charge is 2.35. The summed E-state index contributed by atoms with van der Waals surface area (Å²) in [5, 5.41) is 4.91. The van der Waals surface area contributed by atoms with Crippen molar-refractivity contribution in [2.45, 2.75) is 19.3 Å². The number of fused-ring (bicyclic) bond motifs is 4. The number of pyridine rings is 1. The average molecular weight is 335 g/mol. The van der Waals surface area contributed by atoms with Gasteiger partial charge in [-0.3, -0.25) is 4.98 Å². The van der Waals surface area contributed by atoms with Gasteiger partial charge in [0.2, 0.25) is 0 Å². The summed E-state index contributed by atoms with van der Waals surface area (Å²) >= 11 is 0. The van der Waals surface area contributed by atoms with Crippen LogP contribution >= 0.6 is 0 Å². The van der Waals surface area contributed by atoms with Crippen LogP contribution in [0.2, 0.25) is 0 Å². The van der Waals surface area contributed by atoms with Crippen molar-refractivity contribution < 1.29 is 4.42 Å². The Bertz CT molecular complexity index is 1360. The van der Waals surface area contributed by atoms with E-state index in [0.29, 0.717) is 0 Å². The van der Waals surface area contributed by atoms with Gasteiger partial charge in [0, 0.05) is 22.6 Å². The lowest BCUT2D eigenvalue weighted by atomic mass is 9.74. The van der Waals surface area contributed by atoms with Crippen molar-refractivity contribution in [3.05, 3.63) is 78.0 Å². The average Bonchev–Trinajstić information content (AvgIpc) is 3.01.